The van der Waals surface area contributed by atoms with Crippen LogP contribution in [0.3, 0.4) is 0 Å². The quantitative estimate of drug-likeness (QED) is 0.309. The molecule has 3 unspecified atom stereocenters. The van der Waals surface area contributed by atoms with E-state index in [0.29, 0.717) is 11.8 Å². The SMILES string of the molecule is C=C(/C=C\C=C/C)C1NC2=C(CCC=C2)N1c1ccc(C2=c3cc(C4=CC=CCC4)ccc3=C(C3C=CC=CC3)C3=CC=CCC32)cc1. The Morgan fingerprint density at radius 1 is 0.812 bits per heavy atom. The Hall–Kier alpha value is -5.08. The lowest BCUT2D eigenvalue weighted by atomic mass is 9.70. The molecular formula is C46H44N2. The molecule has 0 spiro atoms. The molecule has 0 fully saturated rings. The van der Waals surface area contributed by atoms with Gasteiger partial charge in [-0.2, -0.15) is 0 Å². The van der Waals surface area contributed by atoms with Crippen LogP contribution in [0, 0.1) is 11.8 Å². The summed E-state index contributed by atoms with van der Waals surface area (Å²) in [7, 11) is 0. The fraction of sp³-hybridized carbons (Fsp3) is 0.217. The summed E-state index contributed by atoms with van der Waals surface area (Å²) >= 11 is 0. The predicted molar refractivity (Wildman–Crippen MR) is 204 cm³/mol. The van der Waals surface area contributed by atoms with Gasteiger partial charge >= 0.3 is 0 Å². The van der Waals surface area contributed by atoms with Crippen molar-refractivity contribution >= 4 is 22.4 Å². The van der Waals surface area contributed by atoms with E-state index in [1.54, 1.807) is 0 Å². The number of nitrogens with zero attached hydrogens (tertiary/aromatic N) is 1. The van der Waals surface area contributed by atoms with E-state index in [9.17, 15) is 0 Å². The highest BCUT2D eigenvalue weighted by Gasteiger charge is 2.34. The van der Waals surface area contributed by atoms with Crippen LogP contribution < -0.4 is 20.7 Å². The Kier molecular flexibility index (Phi) is 8.32. The Morgan fingerprint density at radius 2 is 1.65 bits per heavy atom. The molecule has 3 atom stereocenters. The summed E-state index contributed by atoms with van der Waals surface area (Å²) in [5.41, 5.74) is 13.4. The highest BCUT2D eigenvalue weighted by molar-refractivity contribution is 5.85. The van der Waals surface area contributed by atoms with Crippen LogP contribution in [0.15, 0.2) is 169 Å². The molecule has 0 amide bonds. The van der Waals surface area contributed by atoms with Crippen LogP contribution in [-0.2, 0) is 0 Å². The molecule has 2 aromatic rings. The van der Waals surface area contributed by atoms with Crippen molar-refractivity contribution in [3.8, 4) is 0 Å². The zero-order valence-corrected chi connectivity index (χ0v) is 27.9. The van der Waals surface area contributed by atoms with Gasteiger partial charge in [-0.15, -0.1) is 0 Å². The number of benzene rings is 2. The van der Waals surface area contributed by atoms with Crippen LogP contribution in [-0.4, -0.2) is 6.17 Å². The molecule has 1 N–H and O–H groups in total. The van der Waals surface area contributed by atoms with Crippen molar-refractivity contribution in [1.29, 1.82) is 0 Å². The largest absolute Gasteiger partial charge is 0.360 e. The first-order chi connectivity index (χ1) is 23.7. The van der Waals surface area contributed by atoms with E-state index >= 15 is 0 Å². The number of rotatable bonds is 7. The van der Waals surface area contributed by atoms with Crippen LogP contribution >= 0.6 is 0 Å². The molecule has 1 heterocycles. The number of anilines is 1. The summed E-state index contributed by atoms with van der Waals surface area (Å²) in [5.74, 6) is 0.718. The van der Waals surface area contributed by atoms with Crippen molar-refractivity contribution in [1.82, 2.24) is 5.32 Å². The van der Waals surface area contributed by atoms with Gasteiger partial charge in [-0.05, 0) is 119 Å². The highest BCUT2D eigenvalue weighted by atomic mass is 15.3. The summed E-state index contributed by atoms with van der Waals surface area (Å²) in [5, 5.41) is 6.56. The van der Waals surface area contributed by atoms with Crippen LogP contribution in [0.2, 0.25) is 0 Å². The third-order valence-electron chi connectivity index (χ3n) is 10.6. The second kappa shape index (κ2) is 13.2. The lowest BCUT2D eigenvalue weighted by molar-refractivity contribution is 0.702. The van der Waals surface area contributed by atoms with E-state index in [2.05, 4.69) is 150 Å². The summed E-state index contributed by atoms with van der Waals surface area (Å²) < 4.78 is 0. The predicted octanol–water partition coefficient (Wildman–Crippen LogP) is 9.40. The summed E-state index contributed by atoms with van der Waals surface area (Å²) in [4.78, 5) is 2.47. The van der Waals surface area contributed by atoms with E-state index in [4.69, 9.17) is 0 Å². The second-order valence-corrected chi connectivity index (χ2v) is 13.5. The summed E-state index contributed by atoms with van der Waals surface area (Å²) in [6.45, 7) is 6.52. The number of nitrogens with one attached hydrogen (secondary N) is 1. The molecule has 2 aromatic carbocycles. The molecule has 0 radical (unpaired) electrons. The third-order valence-corrected chi connectivity index (χ3v) is 10.6. The molecule has 0 bridgehead atoms. The Balaban J connectivity index is 1.28. The molecule has 238 valence electrons. The standard InChI is InChI=1S/C46H44N2/c1-3-4-7-16-32(2)46-47-42-23-14-15-24-43(42)48(46)37-28-25-35(26-29-37)45-39-22-13-12-21-38(39)44(34-19-10-6-11-20-34)40-30-27-36(31-41(40)45)33-17-8-5-9-18-33/h3-8,10-14,16-17,19,21,23,25-31,34,39,46-47H,2,9,15,18,20,22,24H2,1H3/b4-3-,16-7-. The van der Waals surface area contributed by atoms with Crippen LogP contribution in [0.25, 0.3) is 16.7 Å². The van der Waals surface area contributed by atoms with Crippen molar-refractivity contribution in [2.24, 2.45) is 11.8 Å². The second-order valence-electron chi connectivity index (χ2n) is 13.5. The number of allylic oxidation sites excluding steroid dienone is 18. The zero-order chi connectivity index (χ0) is 32.5. The molecule has 0 saturated heterocycles. The van der Waals surface area contributed by atoms with Gasteiger partial charge in [0.2, 0.25) is 0 Å². The van der Waals surface area contributed by atoms with Gasteiger partial charge in [-0.25, -0.2) is 0 Å². The molecule has 8 rings (SSSR count). The van der Waals surface area contributed by atoms with Crippen molar-refractivity contribution in [3.05, 3.63) is 190 Å². The molecule has 1 aliphatic heterocycles. The van der Waals surface area contributed by atoms with Crippen LogP contribution in [0.5, 0.6) is 0 Å². The lowest BCUT2D eigenvalue weighted by Crippen LogP contribution is -2.40. The zero-order valence-electron chi connectivity index (χ0n) is 27.9. The molecule has 0 aromatic heterocycles. The molecule has 48 heavy (non-hydrogen) atoms. The van der Waals surface area contributed by atoms with Gasteiger partial charge in [-0.1, -0.05) is 122 Å². The van der Waals surface area contributed by atoms with Gasteiger partial charge in [0.25, 0.3) is 0 Å². The first-order valence-corrected chi connectivity index (χ1v) is 17.7. The minimum Gasteiger partial charge on any atom is -0.360 e. The van der Waals surface area contributed by atoms with E-state index in [0.717, 1.165) is 44.1 Å². The Morgan fingerprint density at radius 3 is 2.46 bits per heavy atom. The minimum absolute atomic E-state index is 0.0127. The fourth-order valence-electron chi connectivity index (χ4n) is 8.28. The Labute approximate surface area is 285 Å². The van der Waals surface area contributed by atoms with Gasteiger partial charge in [0, 0.05) is 23.2 Å². The highest BCUT2D eigenvalue weighted by Crippen LogP contribution is 2.43. The molecule has 6 aliphatic rings. The average molecular weight is 625 g/mol. The smallest absolute Gasteiger partial charge is 0.129 e. The number of hydrogen-bond acceptors (Lipinski definition) is 2. The van der Waals surface area contributed by atoms with E-state index in [-0.39, 0.29) is 6.17 Å². The maximum atomic E-state index is 4.48. The van der Waals surface area contributed by atoms with Crippen LogP contribution in [0.4, 0.5) is 5.69 Å². The van der Waals surface area contributed by atoms with Gasteiger partial charge in [0.15, 0.2) is 0 Å². The normalized spacial score (nSPS) is 24.2. The van der Waals surface area contributed by atoms with E-state index in [1.165, 1.54) is 60.9 Å². The molecule has 5 aliphatic carbocycles. The number of fused-ring (bicyclic) bond motifs is 2. The average Bonchev–Trinajstić information content (AvgIpc) is 3.54. The number of hydrogen-bond donors (Lipinski definition) is 1. The molecule has 2 heteroatoms. The molecular weight excluding hydrogens is 581 g/mol. The van der Waals surface area contributed by atoms with Gasteiger partial charge < -0.3 is 10.2 Å². The van der Waals surface area contributed by atoms with Gasteiger partial charge in [0.05, 0.1) is 5.70 Å². The maximum absolute atomic E-state index is 4.48. The summed E-state index contributed by atoms with van der Waals surface area (Å²) in [6.07, 6.45) is 42.2. The maximum Gasteiger partial charge on any atom is 0.129 e. The van der Waals surface area contributed by atoms with Crippen molar-refractivity contribution in [3.63, 3.8) is 0 Å². The van der Waals surface area contributed by atoms with Gasteiger partial charge in [-0.3, -0.25) is 0 Å². The molecule has 0 saturated carbocycles. The first-order valence-electron chi connectivity index (χ1n) is 17.7. The minimum atomic E-state index is -0.0127. The summed E-state index contributed by atoms with van der Waals surface area (Å²) in [6, 6.07) is 16.7. The Bertz CT molecular complexity index is 2080. The van der Waals surface area contributed by atoms with Crippen molar-refractivity contribution in [2.75, 3.05) is 4.90 Å². The van der Waals surface area contributed by atoms with E-state index < -0.39 is 0 Å². The first kappa shape index (κ1) is 30.3. The lowest BCUT2D eigenvalue weighted by Gasteiger charge is -2.34. The van der Waals surface area contributed by atoms with Crippen molar-refractivity contribution in [2.45, 2.75) is 51.6 Å². The van der Waals surface area contributed by atoms with Crippen LogP contribution in [0.1, 0.15) is 56.6 Å². The fourth-order valence-corrected chi connectivity index (χ4v) is 8.28. The van der Waals surface area contributed by atoms with Crippen molar-refractivity contribution < 1.29 is 0 Å². The third kappa shape index (κ3) is 5.50. The monoisotopic (exact) mass is 624 g/mol. The topological polar surface area (TPSA) is 15.3 Å². The van der Waals surface area contributed by atoms with E-state index in [1.807, 2.05) is 13.0 Å². The molecule has 2 nitrogen and oxygen atoms in total. The van der Waals surface area contributed by atoms with Gasteiger partial charge in [0.1, 0.15) is 6.17 Å².